The van der Waals surface area contributed by atoms with Gasteiger partial charge >= 0.3 is 0 Å². The summed E-state index contributed by atoms with van der Waals surface area (Å²) in [6, 6.07) is 8.42. The van der Waals surface area contributed by atoms with Gasteiger partial charge in [0.25, 0.3) is 0 Å². The maximum Gasteiger partial charge on any atom is 0.238 e. The van der Waals surface area contributed by atoms with Crippen LogP contribution < -0.4 is 10.6 Å². The van der Waals surface area contributed by atoms with E-state index in [4.69, 9.17) is 0 Å². The van der Waals surface area contributed by atoms with E-state index < -0.39 is 0 Å². The summed E-state index contributed by atoms with van der Waals surface area (Å²) in [5, 5.41) is 6.26. The van der Waals surface area contributed by atoms with Crippen molar-refractivity contribution in [3.63, 3.8) is 0 Å². The molecule has 0 radical (unpaired) electrons. The van der Waals surface area contributed by atoms with E-state index in [2.05, 4.69) is 15.5 Å². The van der Waals surface area contributed by atoms with E-state index in [9.17, 15) is 4.79 Å². The molecule has 1 saturated heterocycles. The highest BCUT2D eigenvalue weighted by molar-refractivity contribution is 7.98. The van der Waals surface area contributed by atoms with Crippen molar-refractivity contribution in [3.8, 4) is 0 Å². The third-order valence-electron chi connectivity index (χ3n) is 3.43. The Balaban J connectivity index is 1.87. The number of nitrogens with one attached hydrogen (secondary N) is 2. The lowest BCUT2D eigenvalue weighted by Crippen LogP contribution is -2.34. The molecule has 5 heteroatoms. The maximum absolute atomic E-state index is 12.0. The van der Waals surface area contributed by atoms with Crippen molar-refractivity contribution in [1.82, 2.24) is 10.2 Å². The van der Waals surface area contributed by atoms with Crippen molar-refractivity contribution < 1.29 is 4.79 Å². The van der Waals surface area contributed by atoms with Gasteiger partial charge in [-0.05, 0) is 31.9 Å². The molecule has 4 nitrogen and oxygen atoms in total. The summed E-state index contributed by atoms with van der Waals surface area (Å²) in [6.07, 6.45) is 3.13. The van der Waals surface area contributed by atoms with E-state index in [0.29, 0.717) is 12.6 Å². The Labute approximate surface area is 118 Å². The third kappa shape index (κ3) is 3.96. The Morgan fingerprint density at radius 2 is 2.26 bits per heavy atom. The average molecular weight is 279 g/mol. The summed E-state index contributed by atoms with van der Waals surface area (Å²) < 4.78 is 0. The number of nitrogens with zero attached hydrogens (tertiary/aromatic N) is 1. The molecule has 1 amide bonds. The highest BCUT2D eigenvalue weighted by Gasteiger charge is 2.22. The van der Waals surface area contributed by atoms with Gasteiger partial charge in [-0.15, -0.1) is 11.8 Å². The van der Waals surface area contributed by atoms with Crippen LogP contribution in [-0.4, -0.2) is 49.8 Å². The van der Waals surface area contributed by atoms with Crippen LogP contribution in [0.2, 0.25) is 0 Å². The molecule has 1 aromatic rings. The molecule has 1 atom stereocenters. The second kappa shape index (κ2) is 6.93. The zero-order valence-corrected chi connectivity index (χ0v) is 12.3. The molecule has 1 fully saturated rings. The molecule has 1 aliphatic rings. The van der Waals surface area contributed by atoms with Crippen LogP contribution in [0.15, 0.2) is 29.2 Å². The molecule has 104 valence electrons. The molecule has 0 saturated carbocycles. The van der Waals surface area contributed by atoms with E-state index in [1.54, 1.807) is 11.8 Å². The van der Waals surface area contributed by atoms with E-state index in [-0.39, 0.29) is 5.91 Å². The van der Waals surface area contributed by atoms with Gasteiger partial charge in [0, 0.05) is 24.0 Å². The number of para-hydroxylation sites is 1. The standard InChI is InChI=1S/C14H21N3OS/c1-15-11-7-8-17(9-11)10-14(18)16-12-5-3-4-6-13(12)19-2/h3-6,11,15H,7-10H2,1-2H3,(H,16,18). The summed E-state index contributed by atoms with van der Waals surface area (Å²) >= 11 is 1.65. The number of anilines is 1. The fourth-order valence-corrected chi connectivity index (χ4v) is 2.91. The predicted molar refractivity (Wildman–Crippen MR) is 80.8 cm³/mol. The first-order chi connectivity index (χ1) is 9.22. The summed E-state index contributed by atoms with van der Waals surface area (Å²) in [7, 11) is 1.98. The monoisotopic (exact) mass is 279 g/mol. The number of carbonyl (C=O) groups is 1. The molecule has 0 aromatic heterocycles. The Kier molecular flexibility index (Phi) is 5.24. The van der Waals surface area contributed by atoms with Gasteiger partial charge in [0.15, 0.2) is 0 Å². The maximum atomic E-state index is 12.0. The largest absolute Gasteiger partial charge is 0.324 e. The number of carbonyl (C=O) groups excluding carboxylic acids is 1. The van der Waals surface area contributed by atoms with E-state index >= 15 is 0 Å². The molecule has 0 bridgehead atoms. The highest BCUT2D eigenvalue weighted by Crippen LogP contribution is 2.24. The number of hydrogen-bond acceptors (Lipinski definition) is 4. The van der Waals surface area contributed by atoms with Gasteiger partial charge in [-0.25, -0.2) is 0 Å². The van der Waals surface area contributed by atoms with Gasteiger partial charge in [-0.2, -0.15) is 0 Å². The number of thioether (sulfide) groups is 1. The first-order valence-electron chi connectivity index (χ1n) is 6.55. The minimum absolute atomic E-state index is 0.0678. The fourth-order valence-electron chi connectivity index (χ4n) is 2.35. The molecule has 1 heterocycles. The van der Waals surface area contributed by atoms with Gasteiger partial charge in [0.2, 0.25) is 5.91 Å². The molecule has 1 aromatic carbocycles. The SMILES string of the molecule is CNC1CCN(CC(=O)Nc2ccccc2SC)C1. The van der Waals surface area contributed by atoms with Crippen molar-refractivity contribution in [1.29, 1.82) is 0 Å². The molecule has 0 aliphatic carbocycles. The van der Waals surface area contributed by atoms with E-state index in [1.165, 1.54) is 0 Å². The van der Waals surface area contributed by atoms with Crippen LogP contribution in [-0.2, 0) is 4.79 Å². The first-order valence-corrected chi connectivity index (χ1v) is 7.78. The molecule has 0 spiro atoms. The van der Waals surface area contributed by atoms with Crippen LogP contribution in [0.5, 0.6) is 0 Å². The van der Waals surface area contributed by atoms with Gasteiger partial charge in [0.05, 0.1) is 12.2 Å². The van der Waals surface area contributed by atoms with Crippen LogP contribution in [0, 0.1) is 0 Å². The number of rotatable bonds is 5. The number of likely N-dealkylation sites (tertiary alicyclic amines) is 1. The lowest BCUT2D eigenvalue weighted by atomic mass is 10.3. The Morgan fingerprint density at radius 1 is 1.47 bits per heavy atom. The highest BCUT2D eigenvalue weighted by atomic mass is 32.2. The van der Waals surface area contributed by atoms with Crippen molar-refractivity contribution in [2.45, 2.75) is 17.4 Å². The second-order valence-electron chi connectivity index (χ2n) is 4.76. The molecular formula is C14H21N3OS. The fraction of sp³-hybridized carbons (Fsp3) is 0.500. The normalized spacial score (nSPS) is 19.6. The zero-order chi connectivity index (χ0) is 13.7. The Hall–Kier alpha value is -1.04. The minimum Gasteiger partial charge on any atom is -0.324 e. The van der Waals surface area contributed by atoms with Gasteiger partial charge in [-0.3, -0.25) is 9.69 Å². The number of likely N-dealkylation sites (N-methyl/N-ethyl adjacent to an activating group) is 1. The summed E-state index contributed by atoms with van der Waals surface area (Å²) in [4.78, 5) is 15.3. The van der Waals surface area contributed by atoms with Gasteiger partial charge in [-0.1, -0.05) is 12.1 Å². The summed E-state index contributed by atoms with van der Waals surface area (Å²) in [5.41, 5.74) is 0.907. The lowest BCUT2D eigenvalue weighted by Gasteiger charge is -2.16. The van der Waals surface area contributed by atoms with Crippen LogP contribution in [0.1, 0.15) is 6.42 Å². The predicted octanol–water partition coefficient (Wildman–Crippen LogP) is 1.64. The van der Waals surface area contributed by atoms with Gasteiger partial charge in [0.1, 0.15) is 0 Å². The van der Waals surface area contributed by atoms with Crippen molar-refractivity contribution in [2.75, 3.05) is 38.3 Å². The Bertz CT molecular complexity index is 438. The third-order valence-corrected chi connectivity index (χ3v) is 4.22. The smallest absolute Gasteiger partial charge is 0.238 e. The molecule has 1 aliphatic heterocycles. The topological polar surface area (TPSA) is 44.4 Å². The first kappa shape index (κ1) is 14.4. The van der Waals surface area contributed by atoms with E-state index in [1.807, 2.05) is 37.6 Å². The second-order valence-corrected chi connectivity index (χ2v) is 5.61. The molecular weight excluding hydrogens is 258 g/mol. The van der Waals surface area contributed by atoms with Crippen LogP contribution in [0.25, 0.3) is 0 Å². The minimum atomic E-state index is 0.0678. The van der Waals surface area contributed by atoms with Crippen LogP contribution >= 0.6 is 11.8 Å². The van der Waals surface area contributed by atoms with Crippen molar-refractivity contribution >= 4 is 23.4 Å². The molecule has 19 heavy (non-hydrogen) atoms. The number of amides is 1. The molecule has 2 N–H and O–H groups in total. The van der Waals surface area contributed by atoms with Crippen molar-refractivity contribution in [2.24, 2.45) is 0 Å². The number of hydrogen-bond donors (Lipinski definition) is 2. The quantitative estimate of drug-likeness (QED) is 0.804. The van der Waals surface area contributed by atoms with Crippen molar-refractivity contribution in [3.05, 3.63) is 24.3 Å². The summed E-state index contributed by atoms with van der Waals surface area (Å²) in [5.74, 6) is 0.0678. The van der Waals surface area contributed by atoms with Gasteiger partial charge < -0.3 is 10.6 Å². The van der Waals surface area contributed by atoms with Crippen LogP contribution in [0.3, 0.4) is 0 Å². The Morgan fingerprint density at radius 3 is 2.95 bits per heavy atom. The molecule has 2 rings (SSSR count). The van der Waals surface area contributed by atoms with Crippen LogP contribution in [0.4, 0.5) is 5.69 Å². The molecule has 1 unspecified atom stereocenters. The lowest BCUT2D eigenvalue weighted by molar-refractivity contribution is -0.117. The summed E-state index contributed by atoms with van der Waals surface area (Å²) in [6.45, 7) is 2.41. The number of benzene rings is 1. The zero-order valence-electron chi connectivity index (χ0n) is 11.5. The van der Waals surface area contributed by atoms with E-state index in [0.717, 1.165) is 30.1 Å². The average Bonchev–Trinajstić information content (AvgIpc) is 2.87.